The van der Waals surface area contributed by atoms with E-state index in [9.17, 15) is 0 Å². The highest BCUT2D eigenvalue weighted by Gasteiger charge is 1.97. The minimum atomic E-state index is 0.768. The van der Waals surface area contributed by atoms with Crippen molar-refractivity contribution < 1.29 is 0 Å². The van der Waals surface area contributed by atoms with Crippen molar-refractivity contribution in [3.63, 3.8) is 0 Å². The molecule has 66 valence electrons. The van der Waals surface area contributed by atoms with Gasteiger partial charge in [-0.1, -0.05) is 6.08 Å². The SMILES string of the molecule is C=CCCNCc1ncnn1C. The predicted molar refractivity (Wildman–Crippen MR) is 47.5 cm³/mol. The number of hydrogen-bond donors (Lipinski definition) is 1. The van der Waals surface area contributed by atoms with Crippen molar-refractivity contribution in [3.05, 3.63) is 24.8 Å². The average molecular weight is 166 g/mol. The predicted octanol–water partition coefficient (Wildman–Crippen LogP) is 0.481. The summed E-state index contributed by atoms with van der Waals surface area (Å²) in [6, 6.07) is 0. The molecule has 0 bridgehead atoms. The Labute approximate surface area is 72.3 Å². The molecule has 0 aromatic carbocycles. The molecule has 0 unspecified atom stereocenters. The minimum Gasteiger partial charge on any atom is -0.310 e. The van der Waals surface area contributed by atoms with Crippen molar-refractivity contribution in [2.75, 3.05) is 6.54 Å². The van der Waals surface area contributed by atoms with Crippen molar-refractivity contribution in [2.24, 2.45) is 7.05 Å². The number of aromatic nitrogens is 3. The summed E-state index contributed by atoms with van der Waals surface area (Å²) in [6.07, 6.45) is 4.44. The molecule has 1 N–H and O–H groups in total. The second kappa shape index (κ2) is 4.66. The summed E-state index contributed by atoms with van der Waals surface area (Å²) >= 11 is 0. The lowest BCUT2D eigenvalue weighted by atomic mass is 10.4. The maximum Gasteiger partial charge on any atom is 0.140 e. The first kappa shape index (κ1) is 8.93. The summed E-state index contributed by atoms with van der Waals surface area (Å²) in [5.74, 6) is 0.957. The van der Waals surface area contributed by atoms with E-state index in [-0.39, 0.29) is 0 Å². The molecule has 0 aliphatic rings. The van der Waals surface area contributed by atoms with Crippen LogP contribution in [0.25, 0.3) is 0 Å². The Balaban J connectivity index is 2.24. The van der Waals surface area contributed by atoms with E-state index < -0.39 is 0 Å². The van der Waals surface area contributed by atoms with Crippen LogP contribution in [0.1, 0.15) is 12.2 Å². The first-order valence-electron chi connectivity index (χ1n) is 3.99. The summed E-state index contributed by atoms with van der Waals surface area (Å²) in [7, 11) is 1.89. The lowest BCUT2D eigenvalue weighted by molar-refractivity contribution is 0.618. The fraction of sp³-hybridized carbons (Fsp3) is 0.500. The molecule has 0 aliphatic carbocycles. The van der Waals surface area contributed by atoms with E-state index in [0.29, 0.717) is 0 Å². The summed E-state index contributed by atoms with van der Waals surface area (Å²) in [5, 5.41) is 7.20. The highest BCUT2D eigenvalue weighted by atomic mass is 15.3. The topological polar surface area (TPSA) is 42.7 Å². The molecule has 0 aliphatic heterocycles. The minimum absolute atomic E-state index is 0.768. The zero-order chi connectivity index (χ0) is 8.81. The van der Waals surface area contributed by atoms with Crippen molar-refractivity contribution in [3.8, 4) is 0 Å². The van der Waals surface area contributed by atoms with Gasteiger partial charge in [-0.3, -0.25) is 4.68 Å². The first-order chi connectivity index (χ1) is 5.84. The Kier molecular flexibility index (Phi) is 3.47. The summed E-state index contributed by atoms with van der Waals surface area (Å²) < 4.78 is 1.76. The zero-order valence-electron chi connectivity index (χ0n) is 7.32. The van der Waals surface area contributed by atoms with Crippen molar-refractivity contribution in [1.82, 2.24) is 20.1 Å². The normalized spacial score (nSPS) is 10.1. The molecule has 1 aromatic rings. The van der Waals surface area contributed by atoms with Gasteiger partial charge in [-0.2, -0.15) is 5.10 Å². The Morgan fingerprint density at radius 3 is 3.17 bits per heavy atom. The molecule has 4 heteroatoms. The largest absolute Gasteiger partial charge is 0.310 e. The Morgan fingerprint density at radius 2 is 2.58 bits per heavy atom. The van der Waals surface area contributed by atoms with Crippen LogP contribution in [-0.4, -0.2) is 21.3 Å². The third kappa shape index (κ3) is 2.47. The third-order valence-electron chi connectivity index (χ3n) is 1.61. The number of aryl methyl sites for hydroxylation is 1. The van der Waals surface area contributed by atoms with Gasteiger partial charge in [-0.25, -0.2) is 4.98 Å². The van der Waals surface area contributed by atoms with Gasteiger partial charge in [0.05, 0.1) is 6.54 Å². The Bertz CT molecular complexity index is 241. The average Bonchev–Trinajstić information content (AvgIpc) is 2.46. The second-order valence-electron chi connectivity index (χ2n) is 2.55. The van der Waals surface area contributed by atoms with E-state index >= 15 is 0 Å². The molecule has 1 heterocycles. The van der Waals surface area contributed by atoms with Crippen molar-refractivity contribution >= 4 is 0 Å². The highest BCUT2D eigenvalue weighted by molar-refractivity contribution is 4.82. The Morgan fingerprint density at radius 1 is 1.75 bits per heavy atom. The second-order valence-corrected chi connectivity index (χ2v) is 2.55. The van der Waals surface area contributed by atoms with Gasteiger partial charge in [0.25, 0.3) is 0 Å². The third-order valence-corrected chi connectivity index (χ3v) is 1.61. The van der Waals surface area contributed by atoms with E-state index in [0.717, 1.165) is 25.3 Å². The molecule has 0 amide bonds. The molecule has 0 atom stereocenters. The van der Waals surface area contributed by atoms with E-state index in [1.807, 2.05) is 13.1 Å². The quantitative estimate of drug-likeness (QED) is 0.511. The highest BCUT2D eigenvalue weighted by Crippen LogP contribution is 1.88. The zero-order valence-corrected chi connectivity index (χ0v) is 7.32. The van der Waals surface area contributed by atoms with Gasteiger partial charge >= 0.3 is 0 Å². The van der Waals surface area contributed by atoms with Gasteiger partial charge in [0.1, 0.15) is 12.2 Å². The van der Waals surface area contributed by atoms with Crippen LogP contribution in [-0.2, 0) is 13.6 Å². The Hall–Kier alpha value is -1.16. The molecule has 1 rings (SSSR count). The van der Waals surface area contributed by atoms with Crippen LogP contribution >= 0.6 is 0 Å². The van der Waals surface area contributed by atoms with Gasteiger partial charge in [0.15, 0.2) is 0 Å². The van der Waals surface area contributed by atoms with Crippen LogP contribution in [0.15, 0.2) is 19.0 Å². The van der Waals surface area contributed by atoms with Gasteiger partial charge in [-0.05, 0) is 13.0 Å². The summed E-state index contributed by atoms with van der Waals surface area (Å²) in [5.41, 5.74) is 0. The maximum absolute atomic E-state index is 4.08. The summed E-state index contributed by atoms with van der Waals surface area (Å²) in [6.45, 7) is 5.35. The monoisotopic (exact) mass is 166 g/mol. The van der Waals surface area contributed by atoms with Gasteiger partial charge < -0.3 is 5.32 Å². The molecular weight excluding hydrogens is 152 g/mol. The standard InChI is InChI=1S/C8H14N4/c1-3-4-5-9-6-8-10-7-11-12(8)2/h3,7,9H,1,4-6H2,2H3. The molecule has 1 aromatic heterocycles. The first-order valence-corrected chi connectivity index (χ1v) is 3.99. The fourth-order valence-corrected chi connectivity index (χ4v) is 0.884. The lowest BCUT2D eigenvalue weighted by Crippen LogP contribution is -2.17. The van der Waals surface area contributed by atoms with Gasteiger partial charge in [0.2, 0.25) is 0 Å². The van der Waals surface area contributed by atoms with Crippen LogP contribution in [0.3, 0.4) is 0 Å². The lowest BCUT2D eigenvalue weighted by Gasteiger charge is -2.00. The molecule has 4 nitrogen and oxygen atoms in total. The summed E-state index contributed by atoms with van der Waals surface area (Å²) in [4.78, 5) is 4.08. The van der Waals surface area contributed by atoms with E-state index in [1.165, 1.54) is 0 Å². The van der Waals surface area contributed by atoms with Crippen LogP contribution in [0.5, 0.6) is 0 Å². The van der Waals surface area contributed by atoms with Crippen LogP contribution in [0.4, 0.5) is 0 Å². The molecular formula is C8H14N4. The number of hydrogen-bond acceptors (Lipinski definition) is 3. The van der Waals surface area contributed by atoms with Crippen LogP contribution in [0, 0.1) is 0 Å². The fourth-order valence-electron chi connectivity index (χ4n) is 0.884. The number of nitrogens with zero attached hydrogens (tertiary/aromatic N) is 3. The van der Waals surface area contributed by atoms with Gasteiger partial charge in [0, 0.05) is 7.05 Å². The van der Waals surface area contributed by atoms with E-state index in [2.05, 4.69) is 22.0 Å². The van der Waals surface area contributed by atoms with E-state index in [1.54, 1.807) is 11.0 Å². The van der Waals surface area contributed by atoms with Crippen LogP contribution < -0.4 is 5.32 Å². The molecule has 0 fully saturated rings. The molecule has 0 saturated carbocycles. The van der Waals surface area contributed by atoms with Crippen molar-refractivity contribution in [2.45, 2.75) is 13.0 Å². The molecule has 12 heavy (non-hydrogen) atoms. The van der Waals surface area contributed by atoms with E-state index in [4.69, 9.17) is 0 Å². The molecule has 0 spiro atoms. The molecule has 0 saturated heterocycles. The number of nitrogens with one attached hydrogen (secondary N) is 1. The smallest absolute Gasteiger partial charge is 0.140 e. The number of rotatable bonds is 5. The van der Waals surface area contributed by atoms with Crippen molar-refractivity contribution in [1.29, 1.82) is 0 Å². The van der Waals surface area contributed by atoms with Gasteiger partial charge in [-0.15, -0.1) is 6.58 Å². The van der Waals surface area contributed by atoms with Crippen LogP contribution in [0.2, 0.25) is 0 Å². The maximum atomic E-state index is 4.08. The molecule has 0 radical (unpaired) electrons.